The summed E-state index contributed by atoms with van der Waals surface area (Å²) in [6.45, 7) is 5.81. The second-order valence-electron chi connectivity index (χ2n) is 6.79. The fraction of sp³-hybridized carbons (Fsp3) is 0.318. The molecular formula is C22H26ClN3O. The summed E-state index contributed by atoms with van der Waals surface area (Å²) in [5.74, 6) is 0.0925. The maximum atomic E-state index is 12.1. The van der Waals surface area contributed by atoms with Crippen LogP contribution < -0.4 is 5.32 Å². The largest absolute Gasteiger partial charge is 0.351 e. The summed E-state index contributed by atoms with van der Waals surface area (Å²) in [7, 11) is 0. The summed E-state index contributed by atoms with van der Waals surface area (Å²) in [6.07, 6.45) is 4.31. The molecular weight excluding hydrogens is 358 g/mol. The van der Waals surface area contributed by atoms with Crippen LogP contribution in [0.3, 0.4) is 0 Å². The molecule has 5 heteroatoms. The number of benzene rings is 2. The Balaban J connectivity index is 1.33. The zero-order valence-electron chi connectivity index (χ0n) is 15.5. The van der Waals surface area contributed by atoms with Gasteiger partial charge in [0.05, 0.1) is 6.54 Å². The van der Waals surface area contributed by atoms with Gasteiger partial charge in [-0.3, -0.25) is 14.6 Å². The van der Waals surface area contributed by atoms with Crippen molar-refractivity contribution < 1.29 is 4.79 Å². The number of hydrogen-bond acceptors (Lipinski definition) is 3. The highest BCUT2D eigenvalue weighted by Gasteiger charge is 2.17. The van der Waals surface area contributed by atoms with Gasteiger partial charge in [0.25, 0.3) is 0 Å². The minimum absolute atomic E-state index is 0.0925. The number of halogens is 1. The van der Waals surface area contributed by atoms with Gasteiger partial charge in [0.2, 0.25) is 5.91 Å². The first-order valence-corrected chi connectivity index (χ1v) is 9.74. The van der Waals surface area contributed by atoms with Crippen LogP contribution in [0, 0.1) is 0 Å². The van der Waals surface area contributed by atoms with Crippen molar-refractivity contribution >= 4 is 23.6 Å². The second kappa shape index (κ2) is 10.3. The number of rotatable bonds is 7. The van der Waals surface area contributed by atoms with Gasteiger partial charge in [0, 0.05) is 44.3 Å². The van der Waals surface area contributed by atoms with E-state index in [0.717, 1.165) is 48.9 Å². The first-order valence-electron chi connectivity index (χ1n) is 9.36. The molecule has 0 unspecified atom stereocenters. The van der Waals surface area contributed by atoms with Crippen molar-refractivity contribution in [2.24, 2.45) is 0 Å². The van der Waals surface area contributed by atoms with E-state index in [1.54, 1.807) is 0 Å². The van der Waals surface area contributed by atoms with Gasteiger partial charge in [-0.1, -0.05) is 66.2 Å². The van der Waals surface area contributed by atoms with E-state index in [2.05, 4.69) is 27.3 Å². The summed E-state index contributed by atoms with van der Waals surface area (Å²) >= 11 is 5.90. The third-order valence-electron chi connectivity index (χ3n) is 4.71. The molecule has 2 aromatic rings. The Bertz CT molecular complexity index is 738. The minimum Gasteiger partial charge on any atom is -0.351 e. The Kier molecular flexibility index (Phi) is 7.45. The standard InChI is InChI=1S/C22H26ClN3O/c23-21-10-8-19(9-11-21)7-4-12-25-13-15-26(16-14-25)18-22(27)24-17-20-5-2-1-3-6-20/h1-11H,12-18H2,(H,24,27)/b7-4+. The Hall–Kier alpha value is -2.14. The van der Waals surface area contributed by atoms with Gasteiger partial charge in [0.15, 0.2) is 0 Å². The third kappa shape index (κ3) is 6.83. The molecule has 0 aliphatic carbocycles. The first-order chi connectivity index (χ1) is 13.2. The number of amides is 1. The molecule has 0 atom stereocenters. The Morgan fingerprint density at radius 3 is 2.33 bits per heavy atom. The third-order valence-corrected chi connectivity index (χ3v) is 4.96. The van der Waals surface area contributed by atoms with Gasteiger partial charge in [0.1, 0.15) is 0 Å². The van der Waals surface area contributed by atoms with Crippen LogP contribution in [-0.2, 0) is 11.3 Å². The van der Waals surface area contributed by atoms with E-state index in [4.69, 9.17) is 11.6 Å². The van der Waals surface area contributed by atoms with Crippen molar-refractivity contribution in [1.29, 1.82) is 0 Å². The van der Waals surface area contributed by atoms with Crippen molar-refractivity contribution in [1.82, 2.24) is 15.1 Å². The summed E-state index contributed by atoms with van der Waals surface area (Å²) in [4.78, 5) is 16.8. The van der Waals surface area contributed by atoms with Gasteiger partial charge in [-0.15, -0.1) is 0 Å². The number of nitrogens with one attached hydrogen (secondary N) is 1. The van der Waals surface area contributed by atoms with Crippen LogP contribution in [0.2, 0.25) is 5.02 Å². The maximum absolute atomic E-state index is 12.1. The Morgan fingerprint density at radius 1 is 0.963 bits per heavy atom. The minimum atomic E-state index is 0.0925. The lowest BCUT2D eigenvalue weighted by atomic mass is 10.2. The van der Waals surface area contributed by atoms with Crippen molar-refractivity contribution in [2.45, 2.75) is 6.54 Å². The molecule has 4 nitrogen and oxygen atoms in total. The Morgan fingerprint density at radius 2 is 1.63 bits per heavy atom. The van der Waals surface area contributed by atoms with Gasteiger partial charge in [-0.25, -0.2) is 0 Å². The van der Waals surface area contributed by atoms with Crippen molar-refractivity contribution in [2.75, 3.05) is 39.3 Å². The number of nitrogens with zero attached hydrogens (tertiary/aromatic N) is 2. The second-order valence-corrected chi connectivity index (χ2v) is 7.23. The lowest BCUT2D eigenvalue weighted by Gasteiger charge is -2.33. The lowest BCUT2D eigenvalue weighted by molar-refractivity contribution is -0.122. The fourth-order valence-corrected chi connectivity index (χ4v) is 3.22. The van der Waals surface area contributed by atoms with E-state index in [9.17, 15) is 4.79 Å². The molecule has 0 saturated carbocycles. The predicted octanol–water partition coefficient (Wildman–Crippen LogP) is 3.29. The molecule has 0 bridgehead atoms. The molecule has 1 aliphatic heterocycles. The smallest absolute Gasteiger partial charge is 0.234 e. The van der Waals surface area contributed by atoms with Crippen LogP contribution in [0.4, 0.5) is 0 Å². The summed E-state index contributed by atoms with van der Waals surface area (Å²) in [6, 6.07) is 17.9. The summed E-state index contributed by atoms with van der Waals surface area (Å²) in [5.41, 5.74) is 2.29. The molecule has 0 aromatic heterocycles. The topological polar surface area (TPSA) is 35.6 Å². The molecule has 142 valence electrons. The van der Waals surface area contributed by atoms with Crippen LogP contribution >= 0.6 is 11.6 Å². The van der Waals surface area contributed by atoms with Crippen LogP contribution in [0.1, 0.15) is 11.1 Å². The molecule has 1 saturated heterocycles. The molecule has 27 heavy (non-hydrogen) atoms. The Labute approximate surface area is 166 Å². The van der Waals surface area contributed by atoms with Crippen molar-refractivity contribution in [3.05, 3.63) is 76.8 Å². The van der Waals surface area contributed by atoms with Crippen molar-refractivity contribution in [3.63, 3.8) is 0 Å². The molecule has 0 spiro atoms. The number of hydrogen-bond donors (Lipinski definition) is 1. The van der Waals surface area contributed by atoms with Crippen molar-refractivity contribution in [3.8, 4) is 0 Å². The lowest BCUT2D eigenvalue weighted by Crippen LogP contribution is -2.49. The number of piperazine rings is 1. The van der Waals surface area contributed by atoms with Gasteiger partial charge in [-0.05, 0) is 23.3 Å². The fourth-order valence-electron chi connectivity index (χ4n) is 3.10. The number of carbonyl (C=O) groups is 1. The van der Waals surface area contributed by atoms with E-state index in [1.807, 2.05) is 54.6 Å². The van der Waals surface area contributed by atoms with E-state index in [1.165, 1.54) is 0 Å². The quantitative estimate of drug-likeness (QED) is 0.796. The molecule has 1 fully saturated rings. The average Bonchev–Trinajstić information content (AvgIpc) is 2.70. The van der Waals surface area contributed by atoms with Gasteiger partial charge < -0.3 is 5.32 Å². The predicted molar refractivity (Wildman–Crippen MR) is 112 cm³/mol. The SMILES string of the molecule is O=C(CN1CCN(C/C=C/c2ccc(Cl)cc2)CC1)NCc1ccccc1. The zero-order valence-corrected chi connectivity index (χ0v) is 16.2. The highest BCUT2D eigenvalue weighted by atomic mass is 35.5. The molecule has 2 aromatic carbocycles. The van der Waals surface area contributed by atoms with Crippen LogP contribution in [0.15, 0.2) is 60.7 Å². The normalized spacial score (nSPS) is 15.9. The van der Waals surface area contributed by atoms with Crippen LogP contribution in [0.25, 0.3) is 6.08 Å². The molecule has 1 N–H and O–H groups in total. The van der Waals surface area contributed by atoms with Gasteiger partial charge >= 0.3 is 0 Å². The monoisotopic (exact) mass is 383 g/mol. The van der Waals surface area contributed by atoms with E-state index >= 15 is 0 Å². The first kappa shape index (κ1) is 19.6. The van der Waals surface area contributed by atoms with Crippen LogP contribution in [0.5, 0.6) is 0 Å². The molecule has 1 heterocycles. The molecule has 1 amide bonds. The molecule has 1 aliphatic rings. The zero-order chi connectivity index (χ0) is 18.9. The highest BCUT2D eigenvalue weighted by molar-refractivity contribution is 6.30. The average molecular weight is 384 g/mol. The summed E-state index contributed by atoms with van der Waals surface area (Å²) in [5, 5.41) is 3.76. The van der Waals surface area contributed by atoms with E-state index in [-0.39, 0.29) is 5.91 Å². The van der Waals surface area contributed by atoms with Crippen LogP contribution in [-0.4, -0.2) is 55.0 Å². The maximum Gasteiger partial charge on any atom is 0.234 e. The van der Waals surface area contributed by atoms with E-state index < -0.39 is 0 Å². The summed E-state index contributed by atoms with van der Waals surface area (Å²) < 4.78 is 0. The van der Waals surface area contributed by atoms with Gasteiger partial charge in [-0.2, -0.15) is 0 Å². The van der Waals surface area contributed by atoms with E-state index in [0.29, 0.717) is 13.1 Å². The number of carbonyl (C=O) groups excluding carboxylic acids is 1. The molecule has 3 rings (SSSR count). The molecule has 0 radical (unpaired) electrons. The highest BCUT2D eigenvalue weighted by Crippen LogP contribution is 2.11.